The van der Waals surface area contributed by atoms with Crippen molar-refractivity contribution in [3.05, 3.63) is 47.6 Å². The van der Waals surface area contributed by atoms with Crippen LogP contribution in [0.15, 0.2) is 47.6 Å². The van der Waals surface area contributed by atoms with E-state index in [1.54, 1.807) is 45.9 Å². The summed E-state index contributed by atoms with van der Waals surface area (Å²) in [7, 11) is 0. The molecule has 3 aliphatic heterocycles. The van der Waals surface area contributed by atoms with Gasteiger partial charge in [-0.05, 0) is 107 Å². The summed E-state index contributed by atoms with van der Waals surface area (Å²) in [5.41, 5.74) is 0.862. The lowest BCUT2D eigenvalue weighted by atomic mass is 9.79. The number of nitrogens with zero attached hydrogens (tertiary/aromatic N) is 1. The van der Waals surface area contributed by atoms with Crippen molar-refractivity contribution in [2.24, 2.45) is 29.6 Å². The van der Waals surface area contributed by atoms with Crippen LogP contribution in [0, 0.1) is 29.6 Å². The molecular formula is C46H69NO12. The molecule has 11 atom stereocenters. The van der Waals surface area contributed by atoms with Crippen LogP contribution in [-0.2, 0) is 33.4 Å². The van der Waals surface area contributed by atoms with Gasteiger partial charge in [-0.25, -0.2) is 4.79 Å². The van der Waals surface area contributed by atoms with Gasteiger partial charge in [-0.2, -0.15) is 0 Å². The summed E-state index contributed by atoms with van der Waals surface area (Å²) in [6.07, 6.45) is 9.57. The molecule has 13 heteroatoms. The lowest BCUT2D eigenvalue weighted by molar-refractivity contribution is -0.265. The molecule has 0 spiro atoms. The van der Waals surface area contributed by atoms with E-state index in [1.165, 1.54) is 6.08 Å². The quantitative estimate of drug-likeness (QED) is 0.150. The molecule has 4 aliphatic rings. The van der Waals surface area contributed by atoms with Crippen LogP contribution < -0.4 is 0 Å². The third-order valence-electron chi connectivity index (χ3n) is 13.1. The number of aliphatic hydroxyl groups is 5. The SMILES string of the molecule is C/C1=C\[C@@H](C)C(=O)C[C@@H]([C@H](C)C[C@H]2CC[C@H](O)CC2)OC(=O)C2CCCN2C(=O)C(=O)[C@]2(O)O[C@@H](CC[C@H]2C)C[C@H](O)/C(C)=C/C=C/C=C/[C@@H](C)CCC(=O)[C@H](O)[C@@H]1O. The first-order chi connectivity index (χ1) is 27.8. The minimum Gasteiger partial charge on any atom is -0.460 e. The lowest BCUT2D eigenvalue weighted by Crippen LogP contribution is -2.59. The number of hydrogen-bond acceptors (Lipinski definition) is 12. The van der Waals surface area contributed by atoms with Crippen LogP contribution in [0.3, 0.4) is 0 Å². The number of carbonyl (C=O) groups is 5. The van der Waals surface area contributed by atoms with Crippen LogP contribution in [0.1, 0.15) is 125 Å². The predicted molar refractivity (Wildman–Crippen MR) is 220 cm³/mol. The second kappa shape index (κ2) is 22.0. The average molecular weight is 828 g/mol. The zero-order valence-electron chi connectivity index (χ0n) is 35.8. The molecule has 2 bridgehead atoms. The fourth-order valence-electron chi connectivity index (χ4n) is 8.77. The Bertz CT molecular complexity index is 1610. The number of allylic oxidation sites excluding steroid dienone is 6. The molecule has 0 aromatic carbocycles. The number of ether oxygens (including phenoxy) is 2. The Morgan fingerprint density at radius 3 is 2.22 bits per heavy atom. The Hall–Kier alpha value is -3.33. The highest BCUT2D eigenvalue weighted by atomic mass is 16.6. The van der Waals surface area contributed by atoms with E-state index in [0.29, 0.717) is 50.5 Å². The van der Waals surface area contributed by atoms with Crippen molar-refractivity contribution in [3.8, 4) is 0 Å². The summed E-state index contributed by atoms with van der Waals surface area (Å²) >= 11 is 0. The van der Waals surface area contributed by atoms with Gasteiger partial charge in [0.05, 0.1) is 18.3 Å². The first-order valence-corrected chi connectivity index (χ1v) is 21.8. The number of rotatable bonds is 3. The summed E-state index contributed by atoms with van der Waals surface area (Å²) in [6.45, 7) is 10.4. The molecule has 3 heterocycles. The number of carbonyl (C=O) groups excluding carboxylic acids is 5. The Balaban J connectivity index is 1.63. The zero-order valence-corrected chi connectivity index (χ0v) is 35.8. The molecule has 5 N–H and O–H groups in total. The van der Waals surface area contributed by atoms with Crippen LogP contribution in [0.5, 0.6) is 0 Å². The van der Waals surface area contributed by atoms with E-state index in [0.717, 1.165) is 17.7 Å². The van der Waals surface area contributed by atoms with Crippen LogP contribution in [0.25, 0.3) is 0 Å². The number of esters is 1. The number of hydrogen-bond donors (Lipinski definition) is 5. The van der Waals surface area contributed by atoms with E-state index in [4.69, 9.17) is 9.47 Å². The molecule has 1 saturated carbocycles. The molecular weight excluding hydrogens is 759 g/mol. The number of aliphatic hydroxyl groups excluding tert-OH is 4. The molecule has 59 heavy (non-hydrogen) atoms. The molecule has 0 aromatic rings. The molecule has 1 aliphatic carbocycles. The van der Waals surface area contributed by atoms with E-state index in [-0.39, 0.29) is 67.4 Å². The van der Waals surface area contributed by atoms with Gasteiger partial charge >= 0.3 is 5.97 Å². The topological polar surface area (TPSA) is 208 Å². The second-order valence-corrected chi connectivity index (χ2v) is 17.9. The van der Waals surface area contributed by atoms with Crippen molar-refractivity contribution in [1.29, 1.82) is 0 Å². The fraction of sp³-hybridized carbons (Fsp3) is 0.717. The maximum absolute atomic E-state index is 14.0. The number of fused-ring (bicyclic) bond motifs is 3. The van der Waals surface area contributed by atoms with E-state index >= 15 is 0 Å². The van der Waals surface area contributed by atoms with Gasteiger partial charge in [-0.3, -0.25) is 19.2 Å². The summed E-state index contributed by atoms with van der Waals surface area (Å²) in [5.74, 6) is -7.90. The number of cyclic esters (lactones) is 1. The maximum Gasteiger partial charge on any atom is 0.329 e. The minimum absolute atomic E-state index is 0.0259. The van der Waals surface area contributed by atoms with E-state index in [2.05, 4.69) is 0 Å². The van der Waals surface area contributed by atoms with Crippen LogP contribution in [0.4, 0.5) is 0 Å². The highest BCUT2D eigenvalue weighted by Gasteiger charge is 2.53. The molecule has 4 rings (SSSR count). The highest BCUT2D eigenvalue weighted by molar-refractivity contribution is 6.39. The molecule has 13 nitrogen and oxygen atoms in total. The fourth-order valence-corrected chi connectivity index (χ4v) is 8.77. The molecule has 1 unspecified atom stereocenters. The Kier molecular flexibility index (Phi) is 18.0. The van der Waals surface area contributed by atoms with Gasteiger partial charge in [0.1, 0.15) is 30.1 Å². The van der Waals surface area contributed by atoms with Gasteiger partial charge in [0.2, 0.25) is 5.79 Å². The largest absolute Gasteiger partial charge is 0.460 e. The molecule has 0 radical (unpaired) electrons. The standard InChI is InChI=1S/C46H69NO12/c1-27-11-8-7-9-12-28(2)38(50)25-35-20-15-32(6)46(57,59-35)43(54)44(55)47-22-10-13-36(47)45(56)58-40(30(4)24-33-16-18-34(48)19-17-33)26-39(51)29(3)23-31(5)41(52)42(53)37(49)21-14-27/h7-9,11-12,23,27,29-30,32-36,38,40-42,48,50,52-53,57H,10,13-22,24-26H2,1-6H3/b9-7+,11-8+,28-12+,31-23+/t27-,29-,30-,32-,33-,34-,35+,36?,38+,40+,41-,42+,46-/m1/s1. The normalized spacial score (nSPS) is 40.6. The molecule has 0 aromatic heterocycles. The molecule has 1 amide bonds. The number of Topliss-reactive ketones (excluding diaryl/α,β-unsaturated/α-hetero) is 3. The van der Waals surface area contributed by atoms with E-state index < -0.39 is 77.6 Å². The molecule has 3 fully saturated rings. The van der Waals surface area contributed by atoms with Crippen molar-refractivity contribution in [2.75, 3.05) is 6.54 Å². The van der Waals surface area contributed by atoms with Gasteiger partial charge in [-0.15, -0.1) is 0 Å². The van der Waals surface area contributed by atoms with Crippen molar-refractivity contribution in [2.45, 2.75) is 173 Å². The van der Waals surface area contributed by atoms with Crippen LogP contribution in [0.2, 0.25) is 0 Å². The summed E-state index contributed by atoms with van der Waals surface area (Å²) in [4.78, 5) is 69.6. The van der Waals surface area contributed by atoms with Crippen molar-refractivity contribution in [1.82, 2.24) is 4.90 Å². The van der Waals surface area contributed by atoms with Gasteiger partial charge < -0.3 is 39.9 Å². The van der Waals surface area contributed by atoms with Crippen molar-refractivity contribution >= 4 is 29.2 Å². The van der Waals surface area contributed by atoms with Gasteiger partial charge in [0.25, 0.3) is 11.7 Å². The Labute approximate surface area is 349 Å². The minimum atomic E-state index is -2.47. The summed E-state index contributed by atoms with van der Waals surface area (Å²) < 4.78 is 12.1. The average Bonchev–Trinajstić information content (AvgIpc) is 3.70. The van der Waals surface area contributed by atoms with Crippen LogP contribution in [-0.4, -0.2) is 115 Å². The summed E-state index contributed by atoms with van der Waals surface area (Å²) in [6, 6.07) is -1.13. The first-order valence-electron chi connectivity index (χ1n) is 21.8. The predicted octanol–water partition coefficient (Wildman–Crippen LogP) is 4.61. The maximum atomic E-state index is 14.0. The second-order valence-electron chi connectivity index (χ2n) is 17.9. The van der Waals surface area contributed by atoms with Gasteiger partial charge in [0.15, 0.2) is 5.78 Å². The van der Waals surface area contributed by atoms with Gasteiger partial charge in [-0.1, -0.05) is 64.2 Å². The Morgan fingerprint density at radius 1 is 0.831 bits per heavy atom. The number of ketones is 3. The van der Waals surface area contributed by atoms with E-state index in [9.17, 15) is 49.5 Å². The first kappa shape index (κ1) is 48.3. The van der Waals surface area contributed by atoms with Crippen LogP contribution >= 0.6 is 0 Å². The van der Waals surface area contributed by atoms with Gasteiger partial charge in [0, 0.05) is 37.6 Å². The smallest absolute Gasteiger partial charge is 0.329 e. The third kappa shape index (κ3) is 13.1. The Morgan fingerprint density at radius 2 is 1.53 bits per heavy atom. The number of amides is 1. The zero-order chi connectivity index (χ0) is 43.6. The summed E-state index contributed by atoms with van der Waals surface area (Å²) in [5, 5.41) is 54.4. The lowest BCUT2D eigenvalue weighted by Gasteiger charge is -2.41. The van der Waals surface area contributed by atoms with E-state index in [1.807, 2.05) is 26.0 Å². The van der Waals surface area contributed by atoms with Crippen molar-refractivity contribution in [3.63, 3.8) is 0 Å². The highest BCUT2D eigenvalue weighted by Crippen LogP contribution is 2.37. The molecule has 2 saturated heterocycles. The monoisotopic (exact) mass is 827 g/mol. The third-order valence-corrected chi connectivity index (χ3v) is 13.1. The molecule has 330 valence electrons. The van der Waals surface area contributed by atoms with Crippen molar-refractivity contribution < 1.29 is 59.0 Å².